The van der Waals surface area contributed by atoms with Crippen molar-refractivity contribution in [1.29, 1.82) is 0 Å². The van der Waals surface area contributed by atoms with Gasteiger partial charge in [-0.1, -0.05) is 11.6 Å². The van der Waals surface area contributed by atoms with E-state index < -0.39 is 0 Å². The number of nitrogens with one attached hydrogen (secondary N) is 1. The number of hydrogen-bond donors (Lipinski definition) is 1. The van der Waals surface area contributed by atoms with Gasteiger partial charge in [0.05, 0.1) is 10.7 Å². The smallest absolute Gasteiger partial charge is 0.251 e. The fourth-order valence-corrected chi connectivity index (χ4v) is 3.77. The van der Waals surface area contributed by atoms with Gasteiger partial charge in [0.15, 0.2) is 0 Å². The van der Waals surface area contributed by atoms with Crippen molar-refractivity contribution in [2.45, 2.75) is 18.9 Å². The van der Waals surface area contributed by atoms with E-state index in [1.54, 1.807) is 24.4 Å². The molecule has 0 aliphatic carbocycles. The molecule has 2 aliphatic heterocycles. The molecule has 108 valence electrons. The van der Waals surface area contributed by atoms with Crippen LogP contribution in [0.25, 0.3) is 11.3 Å². The average Bonchev–Trinajstić information content (AvgIpc) is 2.49. The number of pyridine rings is 2. The third-order valence-electron chi connectivity index (χ3n) is 4.49. The third kappa shape index (κ3) is 2.19. The second-order valence-corrected chi connectivity index (χ2v) is 6.32. The summed E-state index contributed by atoms with van der Waals surface area (Å²) in [7, 11) is 0. The topological polar surface area (TPSA) is 46.9 Å². The molecule has 4 rings (SSSR count). The van der Waals surface area contributed by atoms with Crippen LogP contribution in [0.1, 0.15) is 18.0 Å². The number of hydrogen-bond acceptors (Lipinski definition) is 3. The summed E-state index contributed by atoms with van der Waals surface area (Å²) >= 11 is 6.22. The van der Waals surface area contributed by atoms with Crippen LogP contribution >= 0.6 is 11.6 Å². The Morgan fingerprint density at radius 1 is 1.33 bits per heavy atom. The first-order valence-electron chi connectivity index (χ1n) is 7.29. The number of fused-ring (bicyclic) bond motifs is 4. The molecule has 4 nitrogen and oxygen atoms in total. The zero-order valence-corrected chi connectivity index (χ0v) is 12.3. The Kier molecular flexibility index (Phi) is 3.08. The summed E-state index contributed by atoms with van der Waals surface area (Å²) in [5, 5.41) is 4.04. The van der Waals surface area contributed by atoms with Crippen molar-refractivity contribution in [2.24, 2.45) is 5.92 Å². The number of aromatic nitrogens is 2. The molecular weight excluding hydrogens is 286 g/mol. The van der Waals surface area contributed by atoms with Crippen molar-refractivity contribution >= 4 is 11.6 Å². The van der Waals surface area contributed by atoms with Gasteiger partial charge in [0.25, 0.3) is 5.56 Å². The predicted molar refractivity (Wildman–Crippen MR) is 82.7 cm³/mol. The molecule has 2 atom stereocenters. The molecule has 0 unspecified atom stereocenters. The zero-order valence-electron chi connectivity index (χ0n) is 11.6. The van der Waals surface area contributed by atoms with E-state index in [1.807, 2.05) is 4.57 Å². The summed E-state index contributed by atoms with van der Waals surface area (Å²) in [6.07, 6.45) is 2.86. The molecule has 1 fully saturated rings. The second-order valence-electron chi connectivity index (χ2n) is 5.91. The molecule has 0 saturated carbocycles. The van der Waals surface area contributed by atoms with Crippen LogP contribution in [0.4, 0.5) is 0 Å². The summed E-state index contributed by atoms with van der Waals surface area (Å²) in [6, 6.07) is 7.35. The quantitative estimate of drug-likeness (QED) is 0.879. The number of nitrogens with zero attached hydrogens (tertiary/aromatic N) is 2. The van der Waals surface area contributed by atoms with Crippen LogP contribution < -0.4 is 10.9 Å². The first-order chi connectivity index (χ1) is 10.2. The summed E-state index contributed by atoms with van der Waals surface area (Å²) in [6.45, 7) is 2.76. The number of piperidine rings is 1. The maximum atomic E-state index is 12.5. The van der Waals surface area contributed by atoms with Crippen molar-refractivity contribution in [1.82, 2.24) is 14.9 Å². The minimum Gasteiger partial charge on any atom is -0.316 e. The molecule has 4 heterocycles. The Labute approximate surface area is 127 Å². The second kappa shape index (κ2) is 4.97. The maximum absolute atomic E-state index is 12.5. The van der Waals surface area contributed by atoms with E-state index in [1.165, 1.54) is 0 Å². The maximum Gasteiger partial charge on any atom is 0.251 e. The van der Waals surface area contributed by atoms with E-state index in [0.717, 1.165) is 37.3 Å². The Balaban J connectivity index is 1.88. The van der Waals surface area contributed by atoms with Crippen molar-refractivity contribution in [3.8, 4) is 11.3 Å². The molecule has 0 aromatic carbocycles. The van der Waals surface area contributed by atoms with E-state index in [2.05, 4.69) is 16.4 Å². The zero-order chi connectivity index (χ0) is 14.4. The lowest BCUT2D eigenvalue weighted by Crippen LogP contribution is -2.44. The van der Waals surface area contributed by atoms with Gasteiger partial charge in [-0.05, 0) is 37.1 Å². The van der Waals surface area contributed by atoms with Crippen LogP contribution in [-0.2, 0) is 6.54 Å². The van der Waals surface area contributed by atoms with Gasteiger partial charge >= 0.3 is 0 Å². The summed E-state index contributed by atoms with van der Waals surface area (Å²) in [4.78, 5) is 16.8. The molecule has 2 aromatic rings. The van der Waals surface area contributed by atoms with Crippen LogP contribution in [0.3, 0.4) is 0 Å². The molecule has 0 amide bonds. The number of rotatable bonds is 1. The van der Waals surface area contributed by atoms with Gasteiger partial charge in [0.2, 0.25) is 0 Å². The largest absolute Gasteiger partial charge is 0.316 e. The fourth-order valence-electron chi connectivity index (χ4n) is 3.54. The highest BCUT2D eigenvalue weighted by atomic mass is 35.5. The van der Waals surface area contributed by atoms with E-state index in [-0.39, 0.29) is 5.56 Å². The number of halogens is 1. The lowest BCUT2D eigenvalue weighted by Gasteiger charge is -2.37. The molecule has 2 aliphatic rings. The standard InChI is InChI=1S/C16H16ClN3O/c17-13-2-1-3-19-16(13)11-5-14-12-4-10(7-18-8-12)9-20(14)15(21)6-11/h1-3,5-6,10,12,18H,4,7-9H2/t10-,12+/m0/s1. The molecule has 2 aromatic heterocycles. The lowest BCUT2D eigenvalue weighted by molar-refractivity contribution is 0.257. The molecule has 1 saturated heterocycles. The first-order valence-corrected chi connectivity index (χ1v) is 7.66. The molecule has 0 spiro atoms. The molecule has 2 bridgehead atoms. The Bertz CT molecular complexity index is 755. The van der Waals surface area contributed by atoms with Gasteiger partial charge in [-0.2, -0.15) is 0 Å². The van der Waals surface area contributed by atoms with Gasteiger partial charge in [0, 0.05) is 42.5 Å². The monoisotopic (exact) mass is 301 g/mol. The minimum atomic E-state index is 0.0563. The highest BCUT2D eigenvalue weighted by Crippen LogP contribution is 2.34. The highest BCUT2D eigenvalue weighted by Gasteiger charge is 2.31. The van der Waals surface area contributed by atoms with Gasteiger partial charge in [-0.15, -0.1) is 0 Å². The van der Waals surface area contributed by atoms with Crippen molar-refractivity contribution in [2.75, 3.05) is 13.1 Å². The van der Waals surface area contributed by atoms with Gasteiger partial charge < -0.3 is 9.88 Å². The van der Waals surface area contributed by atoms with Gasteiger partial charge in [0.1, 0.15) is 0 Å². The summed E-state index contributed by atoms with van der Waals surface area (Å²) in [5.74, 6) is 0.978. The minimum absolute atomic E-state index is 0.0563. The third-order valence-corrected chi connectivity index (χ3v) is 4.80. The van der Waals surface area contributed by atoms with Crippen LogP contribution in [0.15, 0.2) is 35.3 Å². The first kappa shape index (κ1) is 13.0. The van der Waals surface area contributed by atoms with Gasteiger partial charge in [-0.25, -0.2) is 0 Å². The summed E-state index contributed by atoms with van der Waals surface area (Å²) in [5.41, 5.74) is 2.68. The van der Waals surface area contributed by atoms with E-state index in [0.29, 0.717) is 22.6 Å². The van der Waals surface area contributed by atoms with Crippen LogP contribution in [0.5, 0.6) is 0 Å². The van der Waals surface area contributed by atoms with Gasteiger partial charge in [-0.3, -0.25) is 9.78 Å². The summed E-state index contributed by atoms with van der Waals surface area (Å²) < 4.78 is 1.93. The lowest BCUT2D eigenvalue weighted by atomic mass is 9.83. The van der Waals surface area contributed by atoms with Crippen LogP contribution in [0, 0.1) is 5.92 Å². The Morgan fingerprint density at radius 3 is 3.10 bits per heavy atom. The molecule has 1 N–H and O–H groups in total. The van der Waals surface area contributed by atoms with Crippen molar-refractivity contribution in [3.05, 3.63) is 51.5 Å². The van der Waals surface area contributed by atoms with E-state index in [4.69, 9.17) is 11.6 Å². The normalized spacial score (nSPS) is 23.7. The Hall–Kier alpha value is -1.65. The highest BCUT2D eigenvalue weighted by molar-refractivity contribution is 6.33. The van der Waals surface area contributed by atoms with E-state index >= 15 is 0 Å². The average molecular weight is 302 g/mol. The Morgan fingerprint density at radius 2 is 2.24 bits per heavy atom. The van der Waals surface area contributed by atoms with Crippen LogP contribution in [0.2, 0.25) is 5.02 Å². The van der Waals surface area contributed by atoms with Crippen molar-refractivity contribution < 1.29 is 0 Å². The fraction of sp³-hybridized carbons (Fsp3) is 0.375. The molecule has 0 radical (unpaired) electrons. The predicted octanol–water partition coefficient (Wildman–Crippen LogP) is 2.27. The molecule has 5 heteroatoms. The SMILES string of the molecule is O=c1cc(-c2ncccc2Cl)cc2n1C[C@@H]1CNC[C@H]2C1. The molecule has 21 heavy (non-hydrogen) atoms. The van der Waals surface area contributed by atoms with Crippen LogP contribution in [-0.4, -0.2) is 22.6 Å². The molecular formula is C16H16ClN3O. The van der Waals surface area contributed by atoms with Crippen molar-refractivity contribution in [3.63, 3.8) is 0 Å². The van der Waals surface area contributed by atoms with E-state index in [9.17, 15) is 4.79 Å².